The summed E-state index contributed by atoms with van der Waals surface area (Å²) in [6, 6.07) is 41.1. The smallest absolute Gasteiger partial charge is 0.338 e. The maximum Gasteiger partial charge on any atom is 0.338 e. The zero-order valence-electron chi connectivity index (χ0n) is 64.0. The number of benzene rings is 4. The molecule has 0 saturated carbocycles. The number of carbonyl (C=O) groups is 4. The van der Waals surface area contributed by atoms with Gasteiger partial charge in [0.1, 0.15) is 69.2 Å². The topological polar surface area (TPSA) is 207 Å². The van der Waals surface area contributed by atoms with Gasteiger partial charge in [-0.05, 0) is 58.7 Å². The predicted molar refractivity (Wildman–Crippen MR) is 395 cm³/mol. The number of esters is 2. The normalized spacial score (nSPS) is 17.5. The number of aromatic nitrogens is 4. The number of halogens is 24. The quantitative estimate of drug-likeness (QED) is 0.0250. The minimum Gasteiger partial charge on any atom is -0.491 e. The minimum absolute atomic E-state index is 0.0244. The first-order chi connectivity index (χ1) is 56.5. The third-order valence-electron chi connectivity index (χ3n) is 15.6. The molecular weight excluding hydrogens is 1800 g/mol. The third-order valence-corrected chi connectivity index (χ3v) is 15.6. The first-order valence-corrected chi connectivity index (χ1v) is 44.1. The van der Waals surface area contributed by atoms with Gasteiger partial charge in [-0.15, -0.1) is 0 Å². The van der Waals surface area contributed by atoms with Crippen molar-refractivity contribution in [2.75, 3.05) is 139 Å². The first kappa shape index (κ1) is 101. The summed E-state index contributed by atoms with van der Waals surface area (Å²) in [5.41, 5.74) is 8.47. The van der Waals surface area contributed by atoms with Crippen LogP contribution in [0.2, 0.25) is 0 Å². The van der Waals surface area contributed by atoms with Gasteiger partial charge in [-0.25, -0.2) is 23.1 Å². The molecular formula is C73H79F24N5O17P4. The monoisotopic (exact) mass is 1880 g/mol. The van der Waals surface area contributed by atoms with Crippen LogP contribution in [0.5, 0.6) is 23.0 Å². The summed E-state index contributed by atoms with van der Waals surface area (Å²) in [6.07, 6.45) is 16.1. The molecule has 27 rings (SSSR count). The molecule has 19 aliphatic rings. The number of amides is 2. The molecule has 0 N–H and O–H groups in total. The Hall–Kier alpha value is -9.48. The summed E-state index contributed by atoms with van der Waals surface area (Å²) in [6.45, 7) is 6.49. The SMILES string of the molecule is F[P-](F)(F)(F)(F)F.F[P-](F)(F)(F)(F)F.F[P-](F)(F)(F)(F)F.F[P-](F)(F)(F)(F)F.O=C(CN1C(=O)c2c3ccc(c2C1=O)C[n+]1ccc(cc1)-c1cc[n+](cc1)Cc1ccc(cc1)C[n+]1ccc(cc1)-c1cc[n+](cc1)C3)OCCOCCOC(=O)c1cc2cc(c1)OCCOCCOCCOCCOc1ccc(cc1)OCCOCCOCCOCCO2. The summed E-state index contributed by atoms with van der Waals surface area (Å²) in [5.74, 6) is -0.481. The van der Waals surface area contributed by atoms with Gasteiger partial charge in [0.2, 0.25) is 0 Å². The molecule has 0 radical (unpaired) electrons. The summed E-state index contributed by atoms with van der Waals surface area (Å²) in [5, 5.41) is 0. The van der Waals surface area contributed by atoms with E-state index in [4.69, 9.17) is 61.6 Å². The maximum atomic E-state index is 14.5. The average Bonchev–Trinajstić information content (AvgIpc) is 1.60. The number of hydrogen-bond donors (Lipinski definition) is 0. The van der Waals surface area contributed by atoms with Crippen molar-refractivity contribution in [2.45, 2.75) is 26.2 Å². The van der Waals surface area contributed by atoms with Crippen molar-refractivity contribution in [3.63, 3.8) is 0 Å². The van der Waals surface area contributed by atoms with Crippen LogP contribution in [0.3, 0.4) is 0 Å². The second-order valence-electron chi connectivity index (χ2n) is 26.2. The van der Waals surface area contributed by atoms with Gasteiger partial charge >= 0.3 is 144 Å². The van der Waals surface area contributed by atoms with Gasteiger partial charge < -0.3 is 61.6 Å². The van der Waals surface area contributed by atoms with E-state index in [0.717, 1.165) is 40.2 Å². The maximum absolute atomic E-state index is 14.5. The summed E-state index contributed by atoms with van der Waals surface area (Å²) < 4.78 is 319. The van der Waals surface area contributed by atoms with E-state index in [2.05, 4.69) is 82.5 Å². The molecule has 50 heteroatoms. The molecule has 23 heterocycles. The number of fused-ring (bicyclic) bond motifs is 26. The van der Waals surface area contributed by atoms with Crippen LogP contribution in [0, 0.1) is 0 Å². The van der Waals surface area contributed by atoms with Crippen molar-refractivity contribution < 1.29 is 200 Å². The van der Waals surface area contributed by atoms with E-state index < -0.39 is 61.5 Å². The number of imide groups is 1. The molecule has 686 valence electrons. The number of carbonyl (C=O) groups excluding carboxylic acids is 4. The molecule has 8 aromatic rings. The minimum atomic E-state index is -10.7. The Bertz CT molecular complexity index is 4470. The van der Waals surface area contributed by atoms with Gasteiger partial charge in [0.25, 0.3) is 11.8 Å². The first-order valence-electron chi connectivity index (χ1n) is 36.0. The number of hydrogen-bond acceptors (Lipinski definition) is 17. The Morgan fingerprint density at radius 1 is 0.309 bits per heavy atom. The van der Waals surface area contributed by atoms with Gasteiger partial charge in [0.05, 0.1) is 109 Å². The number of ether oxygens (including phenoxy) is 13. The Labute approximate surface area is 683 Å². The van der Waals surface area contributed by atoms with Crippen LogP contribution in [0.4, 0.5) is 101 Å². The van der Waals surface area contributed by atoms with Gasteiger partial charge in [-0.2, -0.15) is 0 Å². The Kier molecular flexibility index (Phi) is 31.9. The number of rotatable bonds is 9. The summed E-state index contributed by atoms with van der Waals surface area (Å²) in [7, 11) is -42.6. The van der Waals surface area contributed by atoms with Crippen molar-refractivity contribution in [3.8, 4) is 45.3 Å². The van der Waals surface area contributed by atoms with Gasteiger partial charge in [0.15, 0.2) is 75.8 Å². The Balaban J connectivity index is 0.000000638. The van der Waals surface area contributed by atoms with Crippen molar-refractivity contribution >= 4 is 55.0 Å². The third kappa shape index (κ3) is 47.8. The second kappa shape index (κ2) is 39.0. The van der Waals surface area contributed by atoms with E-state index in [0.29, 0.717) is 113 Å². The fraction of sp³-hybridized carbons (Fsp3) is 0.342. The molecule has 0 atom stereocenters. The molecule has 0 saturated heterocycles. The van der Waals surface area contributed by atoms with Crippen LogP contribution in [-0.2, 0) is 73.6 Å². The van der Waals surface area contributed by atoms with E-state index in [1.165, 1.54) is 11.1 Å². The van der Waals surface area contributed by atoms with E-state index in [-0.39, 0.29) is 82.6 Å². The zero-order chi connectivity index (χ0) is 90.9. The molecule has 0 unspecified atom stereocenters. The van der Waals surface area contributed by atoms with Crippen molar-refractivity contribution in [2.24, 2.45) is 0 Å². The van der Waals surface area contributed by atoms with E-state index in [1.54, 1.807) is 18.2 Å². The molecule has 0 spiro atoms. The van der Waals surface area contributed by atoms with Crippen molar-refractivity contribution in [1.29, 1.82) is 0 Å². The molecule has 19 aliphatic heterocycles. The van der Waals surface area contributed by atoms with Crippen molar-refractivity contribution in [3.05, 3.63) is 216 Å². The van der Waals surface area contributed by atoms with Gasteiger partial charge in [-0.1, -0.05) is 36.4 Å². The van der Waals surface area contributed by atoms with Gasteiger partial charge in [0, 0.05) is 76.9 Å². The average molecular weight is 1880 g/mol. The number of pyridine rings is 4. The fourth-order valence-electron chi connectivity index (χ4n) is 10.7. The fourth-order valence-corrected chi connectivity index (χ4v) is 10.7. The van der Waals surface area contributed by atoms with Crippen LogP contribution in [0.25, 0.3) is 22.3 Å². The molecule has 4 aromatic heterocycles. The Morgan fingerprint density at radius 3 is 0.846 bits per heavy atom. The van der Waals surface area contributed by atoms with E-state index in [9.17, 15) is 120 Å². The molecule has 123 heavy (non-hydrogen) atoms. The molecule has 4 aromatic carbocycles. The van der Waals surface area contributed by atoms with Crippen LogP contribution >= 0.6 is 31.2 Å². The van der Waals surface area contributed by atoms with E-state index >= 15 is 0 Å². The molecule has 0 fully saturated rings. The van der Waals surface area contributed by atoms with Crippen LogP contribution in [0.15, 0.2) is 177 Å². The van der Waals surface area contributed by atoms with Crippen LogP contribution in [-0.4, -0.2) is 167 Å². The van der Waals surface area contributed by atoms with Crippen LogP contribution in [0.1, 0.15) is 53.3 Å². The largest absolute Gasteiger partial charge is 0.491 e. The summed E-state index contributed by atoms with van der Waals surface area (Å²) >= 11 is 0. The standard InChI is InChI=1S/C73H79N5O17.4F6P/c79-68(94-45-39-89-40-46-95-73(82)63-47-66-49-67(48-63)93-44-38-88-34-30-84-28-32-86-36-42-91-65-8-7-64(9-10-65)90-41-35-85-31-27-83-29-33-87-37-43-92-66)54-78-71(80)69-61-5-6-62(70(69)72(78)81)53-77-25-17-60(18-26-77)58-13-21-75(22-14-58)51-56-2-1-55(3-4-56)50-74-19-11-57(12-20-74)59-15-23-76(52-61)24-16-59;4*1-7(2,3,4,5)6/h1-26,47-49H,27-46,50-54H2;;;;/q+4;4*-1. The Morgan fingerprint density at radius 2 is 0.561 bits per heavy atom. The molecule has 16 bridgehead atoms. The molecule has 0 aliphatic carbocycles. The molecule has 2 amide bonds. The zero-order valence-corrected chi connectivity index (χ0v) is 67.5. The van der Waals surface area contributed by atoms with E-state index in [1.807, 2.05) is 94.6 Å². The van der Waals surface area contributed by atoms with Crippen molar-refractivity contribution in [1.82, 2.24) is 4.90 Å². The second-order valence-corrected chi connectivity index (χ2v) is 33.9. The predicted octanol–water partition coefficient (Wildman–Crippen LogP) is 19.5. The summed E-state index contributed by atoms with van der Waals surface area (Å²) in [4.78, 5) is 56.7. The molecule has 22 nitrogen and oxygen atoms in total. The van der Waals surface area contributed by atoms with Crippen LogP contribution < -0.4 is 37.2 Å². The number of nitrogens with zero attached hydrogens (tertiary/aromatic N) is 5. The van der Waals surface area contributed by atoms with Gasteiger partial charge in [-0.3, -0.25) is 19.3 Å².